The van der Waals surface area contributed by atoms with Gasteiger partial charge in [-0.3, -0.25) is 4.98 Å². The molecule has 3 heteroatoms. The molecule has 0 amide bonds. The van der Waals surface area contributed by atoms with Crippen LogP contribution in [0.4, 0.5) is 0 Å². The summed E-state index contributed by atoms with van der Waals surface area (Å²) in [5.41, 5.74) is 3.19. The fourth-order valence-corrected chi connectivity index (χ4v) is 4.00. The molecule has 3 aromatic carbocycles. The van der Waals surface area contributed by atoms with Crippen molar-refractivity contribution in [1.82, 2.24) is 14.6 Å². The first-order chi connectivity index (χ1) is 12.4. The average Bonchev–Trinajstić information content (AvgIpc) is 3.17. The minimum atomic E-state index is 0.993. The zero-order chi connectivity index (χ0) is 16.4. The van der Waals surface area contributed by atoms with Crippen molar-refractivity contribution in [2.75, 3.05) is 0 Å². The highest BCUT2D eigenvalue weighted by atomic mass is 15.2. The minimum absolute atomic E-state index is 0.993. The molecule has 3 heterocycles. The van der Waals surface area contributed by atoms with E-state index in [1.807, 2.05) is 29.0 Å². The Morgan fingerprint density at radius 2 is 1.48 bits per heavy atom. The van der Waals surface area contributed by atoms with Gasteiger partial charge in [0, 0.05) is 22.4 Å². The number of fused-ring (bicyclic) bond motifs is 10. The van der Waals surface area contributed by atoms with Gasteiger partial charge in [0.15, 0.2) is 0 Å². The number of pyridine rings is 2. The molecular weight excluding hydrogens is 306 g/mol. The molecule has 0 bridgehead atoms. The maximum Gasteiger partial charge on any atom is 0.0966 e. The Balaban J connectivity index is 2.06. The van der Waals surface area contributed by atoms with Gasteiger partial charge in [0.1, 0.15) is 0 Å². The van der Waals surface area contributed by atoms with Crippen molar-refractivity contribution in [3.05, 3.63) is 79.1 Å². The van der Waals surface area contributed by atoms with Crippen LogP contribution in [0.3, 0.4) is 0 Å². The third-order valence-electron chi connectivity index (χ3n) is 5.08. The summed E-state index contributed by atoms with van der Waals surface area (Å²) in [6, 6.07) is 23.5. The number of rotatable bonds is 0. The van der Waals surface area contributed by atoms with Crippen LogP contribution in [0.5, 0.6) is 0 Å². The third kappa shape index (κ3) is 1.59. The van der Waals surface area contributed by atoms with Crippen molar-refractivity contribution in [1.29, 1.82) is 0 Å². The topological polar surface area (TPSA) is 30.2 Å². The van der Waals surface area contributed by atoms with Gasteiger partial charge in [-0.15, -0.1) is 0 Å². The molecule has 3 aromatic heterocycles. The lowest BCUT2D eigenvalue weighted by Crippen LogP contribution is -1.95. The van der Waals surface area contributed by atoms with Gasteiger partial charge < -0.3 is 0 Å². The van der Waals surface area contributed by atoms with Gasteiger partial charge in [-0.05, 0) is 28.3 Å². The first kappa shape index (κ1) is 12.9. The van der Waals surface area contributed by atoms with Crippen LogP contribution in [-0.4, -0.2) is 14.6 Å². The molecule has 0 N–H and O–H groups in total. The van der Waals surface area contributed by atoms with Gasteiger partial charge in [-0.1, -0.05) is 54.6 Å². The predicted octanol–water partition coefficient (Wildman–Crippen LogP) is 5.34. The second-order valence-corrected chi connectivity index (χ2v) is 6.37. The molecule has 0 fully saturated rings. The molecule has 0 spiro atoms. The third-order valence-corrected chi connectivity index (χ3v) is 5.08. The van der Waals surface area contributed by atoms with Gasteiger partial charge >= 0.3 is 0 Å². The van der Waals surface area contributed by atoms with E-state index in [4.69, 9.17) is 0 Å². The molecule has 0 unspecified atom stereocenters. The van der Waals surface area contributed by atoms with E-state index in [2.05, 4.69) is 64.7 Å². The van der Waals surface area contributed by atoms with Gasteiger partial charge in [-0.2, -0.15) is 5.10 Å². The van der Waals surface area contributed by atoms with Crippen LogP contribution in [0.2, 0.25) is 0 Å². The highest BCUT2D eigenvalue weighted by Crippen LogP contribution is 2.36. The summed E-state index contributed by atoms with van der Waals surface area (Å²) in [6.07, 6.45) is 3.70. The lowest BCUT2D eigenvalue weighted by molar-refractivity contribution is 1.01. The highest BCUT2D eigenvalue weighted by molar-refractivity contribution is 6.24. The molecular formula is C22H13N3. The molecule has 25 heavy (non-hydrogen) atoms. The van der Waals surface area contributed by atoms with E-state index in [1.165, 1.54) is 32.3 Å². The summed E-state index contributed by atoms with van der Waals surface area (Å²) in [5, 5.41) is 12.0. The van der Waals surface area contributed by atoms with Gasteiger partial charge in [-0.25, -0.2) is 4.52 Å². The monoisotopic (exact) mass is 319 g/mol. The van der Waals surface area contributed by atoms with Crippen LogP contribution in [0.15, 0.2) is 79.1 Å². The van der Waals surface area contributed by atoms with Crippen molar-refractivity contribution in [2.45, 2.75) is 0 Å². The average molecular weight is 319 g/mol. The molecule has 116 valence electrons. The fourth-order valence-electron chi connectivity index (χ4n) is 4.00. The SMILES string of the molecule is c1ccc2c(c1)ccc1ccc3c4cccnc4c4ccnn4c3c12. The van der Waals surface area contributed by atoms with Gasteiger partial charge in [0.2, 0.25) is 0 Å². The van der Waals surface area contributed by atoms with Gasteiger partial charge in [0.25, 0.3) is 0 Å². The van der Waals surface area contributed by atoms with Crippen molar-refractivity contribution in [3.63, 3.8) is 0 Å². The molecule has 0 saturated heterocycles. The number of aromatic nitrogens is 3. The standard InChI is InChI=1S/C22H13N3/c1-2-5-16-14(4-1)7-8-15-9-10-18-17-6-3-12-23-21(17)19-11-13-24-25(19)22(18)20(15)16/h1-13H. The Bertz CT molecular complexity index is 1440. The molecule has 0 saturated carbocycles. The molecule has 0 aliphatic heterocycles. The van der Waals surface area contributed by atoms with E-state index in [9.17, 15) is 0 Å². The summed E-state index contributed by atoms with van der Waals surface area (Å²) in [5.74, 6) is 0. The van der Waals surface area contributed by atoms with Crippen LogP contribution >= 0.6 is 0 Å². The molecule has 3 nitrogen and oxygen atoms in total. The second-order valence-electron chi connectivity index (χ2n) is 6.37. The maximum absolute atomic E-state index is 4.63. The van der Waals surface area contributed by atoms with Crippen molar-refractivity contribution < 1.29 is 0 Å². The molecule has 6 rings (SSSR count). The summed E-state index contributed by atoms with van der Waals surface area (Å²) in [7, 11) is 0. The van der Waals surface area contributed by atoms with E-state index in [0.717, 1.165) is 16.6 Å². The zero-order valence-electron chi connectivity index (χ0n) is 13.3. The lowest BCUT2D eigenvalue weighted by Gasteiger charge is -2.12. The summed E-state index contributed by atoms with van der Waals surface area (Å²) >= 11 is 0. The Morgan fingerprint density at radius 1 is 0.640 bits per heavy atom. The number of hydrogen-bond donors (Lipinski definition) is 0. The largest absolute Gasteiger partial charge is 0.254 e. The highest BCUT2D eigenvalue weighted by Gasteiger charge is 2.14. The smallest absolute Gasteiger partial charge is 0.0966 e. The molecule has 6 aromatic rings. The Morgan fingerprint density at radius 3 is 2.48 bits per heavy atom. The Hall–Kier alpha value is -3.46. The van der Waals surface area contributed by atoms with Crippen LogP contribution < -0.4 is 0 Å². The maximum atomic E-state index is 4.63. The van der Waals surface area contributed by atoms with Crippen LogP contribution in [-0.2, 0) is 0 Å². The van der Waals surface area contributed by atoms with E-state index < -0.39 is 0 Å². The zero-order valence-corrected chi connectivity index (χ0v) is 13.3. The first-order valence-electron chi connectivity index (χ1n) is 8.36. The summed E-state index contributed by atoms with van der Waals surface area (Å²) < 4.78 is 2.04. The van der Waals surface area contributed by atoms with Crippen LogP contribution in [0, 0.1) is 0 Å². The molecule has 0 radical (unpaired) electrons. The van der Waals surface area contributed by atoms with Crippen LogP contribution in [0.25, 0.3) is 48.9 Å². The van der Waals surface area contributed by atoms with E-state index in [1.54, 1.807) is 0 Å². The first-order valence-corrected chi connectivity index (χ1v) is 8.36. The number of benzene rings is 3. The van der Waals surface area contributed by atoms with Crippen molar-refractivity contribution in [3.8, 4) is 0 Å². The predicted molar refractivity (Wildman–Crippen MR) is 103 cm³/mol. The van der Waals surface area contributed by atoms with Crippen molar-refractivity contribution >= 4 is 48.9 Å². The molecule has 0 atom stereocenters. The Labute approximate surface area is 143 Å². The summed E-state index contributed by atoms with van der Waals surface area (Å²) in [4.78, 5) is 4.61. The minimum Gasteiger partial charge on any atom is -0.254 e. The molecule has 0 aliphatic rings. The van der Waals surface area contributed by atoms with Gasteiger partial charge in [0.05, 0.1) is 22.7 Å². The molecule has 0 aliphatic carbocycles. The second kappa shape index (κ2) is 4.54. The van der Waals surface area contributed by atoms with E-state index in [0.29, 0.717) is 0 Å². The summed E-state index contributed by atoms with van der Waals surface area (Å²) in [6.45, 7) is 0. The number of hydrogen-bond acceptors (Lipinski definition) is 2. The van der Waals surface area contributed by atoms with E-state index in [-0.39, 0.29) is 0 Å². The normalized spacial score (nSPS) is 12.0. The Kier molecular flexibility index (Phi) is 2.35. The lowest BCUT2D eigenvalue weighted by atomic mass is 9.97. The number of nitrogens with zero attached hydrogens (tertiary/aromatic N) is 3. The quantitative estimate of drug-likeness (QED) is 0.354. The fraction of sp³-hybridized carbons (Fsp3) is 0. The van der Waals surface area contributed by atoms with Crippen molar-refractivity contribution in [2.24, 2.45) is 0 Å². The van der Waals surface area contributed by atoms with E-state index >= 15 is 0 Å². The van der Waals surface area contributed by atoms with Crippen LogP contribution in [0.1, 0.15) is 0 Å².